The molecule has 2 nitrogen and oxygen atoms in total. The molecule has 0 saturated heterocycles. The molecule has 0 amide bonds. The van der Waals surface area contributed by atoms with Crippen LogP contribution in [-0.2, 0) is 4.74 Å². The lowest BCUT2D eigenvalue weighted by molar-refractivity contribution is 0.0230. The standard InChI is InChI=1S/C10H17NO/c1-9-3-5-10(6-4-9)12-8-2-7-11/h9-10H,2-6,8H2,1H3. The minimum atomic E-state index is 0.439. The Morgan fingerprint density at radius 1 is 1.33 bits per heavy atom. The maximum atomic E-state index is 8.31. The van der Waals surface area contributed by atoms with E-state index in [0.29, 0.717) is 19.1 Å². The molecule has 0 aromatic carbocycles. The zero-order valence-corrected chi connectivity index (χ0v) is 7.75. The Hall–Kier alpha value is -0.550. The van der Waals surface area contributed by atoms with Crippen molar-refractivity contribution >= 4 is 0 Å². The SMILES string of the molecule is CC1CCC(OCCC#N)CC1. The highest BCUT2D eigenvalue weighted by Gasteiger charge is 2.17. The molecule has 68 valence electrons. The van der Waals surface area contributed by atoms with E-state index in [9.17, 15) is 0 Å². The van der Waals surface area contributed by atoms with E-state index in [4.69, 9.17) is 10.00 Å². The third-order valence-corrected chi connectivity index (χ3v) is 2.53. The van der Waals surface area contributed by atoms with Gasteiger partial charge in [-0.1, -0.05) is 6.92 Å². The fourth-order valence-electron chi connectivity index (χ4n) is 1.67. The van der Waals surface area contributed by atoms with Crippen molar-refractivity contribution in [3.05, 3.63) is 0 Å². The Kier molecular flexibility index (Phi) is 4.10. The van der Waals surface area contributed by atoms with Gasteiger partial charge in [-0.25, -0.2) is 0 Å². The highest BCUT2D eigenvalue weighted by Crippen LogP contribution is 2.25. The average molecular weight is 167 g/mol. The van der Waals surface area contributed by atoms with Crippen LogP contribution in [0, 0.1) is 17.2 Å². The topological polar surface area (TPSA) is 33.0 Å². The van der Waals surface area contributed by atoms with Gasteiger partial charge >= 0.3 is 0 Å². The van der Waals surface area contributed by atoms with Crippen LogP contribution in [0.25, 0.3) is 0 Å². The largest absolute Gasteiger partial charge is 0.377 e. The highest BCUT2D eigenvalue weighted by molar-refractivity contribution is 4.72. The van der Waals surface area contributed by atoms with Gasteiger partial charge < -0.3 is 4.74 Å². The molecule has 0 aliphatic heterocycles. The van der Waals surface area contributed by atoms with E-state index < -0.39 is 0 Å². The number of hydrogen-bond donors (Lipinski definition) is 0. The van der Waals surface area contributed by atoms with Gasteiger partial charge in [0.25, 0.3) is 0 Å². The number of hydrogen-bond acceptors (Lipinski definition) is 2. The van der Waals surface area contributed by atoms with Gasteiger partial charge in [-0.15, -0.1) is 0 Å². The summed E-state index contributed by atoms with van der Waals surface area (Å²) < 4.78 is 5.55. The minimum Gasteiger partial charge on any atom is -0.377 e. The summed E-state index contributed by atoms with van der Waals surface area (Å²) >= 11 is 0. The fourth-order valence-corrected chi connectivity index (χ4v) is 1.67. The summed E-state index contributed by atoms with van der Waals surface area (Å²) in [6.07, 6.45) is 5.93. The molecule has 0 N–H and O–H groups in total. The quantitative estimate of drug-likeness (QED) is 0.605. The van der Waals surface area contributed by atoms with Gasteiger partial charge in [0.2, 0.25) is 0 Å². The van der Waals surface area contributed by atoms with Gasteiger partial charge in [0, 0.05) is 0 Å². The molecule has 1 aliphatic rings. The first-order valence-electron chi connectivity index (χ1n) is 4.81. The van der Waals surface area contributed by atoms with E-state index in [-0.39, 0.29) is 0 Å². The van der Waals surface area contributed by atoms with E-state index >= 15 is 0 Å². The van der Waals surface area contributed by atoms with Gasteiger partial charge in [-0.05, 0) is 31.6 Å². The lowest BCUT2D eigenvalue weighted by atomic mass is 9.89. The van der Waals surface area contributed by atoms with Crippen LogP contribution in [0.5, 0.6) is 0 Å². The van der Waals surface area contributed by atoms with Crippen molar-refractivity contribution in [2.24, 2.45) is 5.92 Å². The predicted molar refractivity (Wildman–Crippen MR) is 47.6 cm³/mol. The molecule has 2 heteroatoms. The monoisotopic (exact) mass is 167 g/mol. The molecule has 0 heterocycles. The zero-order chi connectivity index (χ0) is 8.81. The molecule has 0 aromatic rings. The lowest BCUT2D eigenvalue weighted by Gasteiger charge is -2.25. The third kappa shape index (κ3) is 3.23. The van der Waals surface area contributed by atoms with Crippen molar-refractivity contribution in [1.29, 1.82) is 5.26 Å². The van der Waals surface area contributed by atoms with Crippen LogP contribution >= 0.6 is 0 Å². The molecule has 1 saturated carbocycles. The Bertz CT molecular complexity index is 154. The zero-order valence-electron chi connectivity index (χ0n) is 7.75. The van der Waals surface area contributed by atoms with Crippen LogP contribution in [0.15, 0.2) is 0 Å². The summed E-state index contributed by atoms with van der Waals surface area (Å²) in [5.41, 5.74) is 0. The molecule has 0 atom stereocenters. The van der Waals surface area contributed by atoms with Crippen molar-refractivity contribution in [1.82, 2.24) is 0 Å². The second-order valence-electron chi connectivity index (χ2n) is 3.66. The lowest BCUT2D eigenvalue weighted by Crippen LogP contribution is -2.20. The summed E-state index contributed by atoms with van der Waals surface area (Å²) in [5.74, 6) is 0.876. The third-order valence-electron chi connectivity index (χ3n) is 2.53. The number of ether oxygens (including phenoxy) is 1. The second kappa shape index (κ2) is 5.16. The average Bonchev–Trinajstić information content (AvgIpc) is 2.09. The predicted octanol–water partition coefficient (Wildman–Crippen LogP) is 2.50. The summed E-state index contributed by atoms with van der Waals surface area (Å²) in [4.78, 5) is 0. The van der Waals surface area contributed by atoms with E-state index in [0.717, 1.165) is 5.92 Å². The van der Waals surface area contributed by atoms with E-state index in [2.05, 4.69) is 13.0 Å². The first-order chi connectivity index (χ1) is 5.83. The van der Waals surface area contributed by atoms with Crippen molar-refractivity contribution in [3.63, 3.8) is 0 Å². The molecule has 1 fully saturated rings. The summed E-state index contributed by atoms with van der Waals surface area (Å²) in [6.45, 7) is 2.92. The smallest absolute Gasteiger partial charge is 0.0645 e. The Labute approximate surface area is 74.5 Å². The summed E-state index contributed by atoms with van der Waals surface area (Å²) in [6, 6.07) is 2.09. The Morgan fingerprint density at radius 2 is 2.00 bits per heavy atom. The maximum Gasteiger partial charge on any atom is 0.0645 e. The van der Waals surface area contributed by atoms with Gasteiger partial charge in [-0.3, -0.25) is 0 Å². The van der Waals surface area contributed by atoms with Crippen LogP contribution in [0.1, 0.15) is 39.0 Å². The number of rotatable bonds is 3. The van der Waals surface area contributed by atoms with Crippen LogP contribution < -0.4 is 0 Å². The molecule has 0 unspecified atom stereocenters. The van der Waals surface area contributed by atoms with Crippen LogP contribution in [-0.4, -0.2) is 12.7 Å². The second-order valence-corrected chi connectivity index (χ2v) is 3.66. The van der Waals surface area contributed by atoms with Crippen molar-refractivity contribution < 1.29 is 4.74 Å². The number of nitriles is 1. The molecule has 12 heavy (non-hydrogen) atoms. The van der Waals surface area contributed by atoms with Gasteiger partial charge in [0.05, 0.1) is 25.2 Å². The van der Waals surface area contributed by atoms with Gasteiger partial charge in [0.15, 0.2) is 0 Å². The molecule has 0 radical (unpaired) electrons. The first kappa shape index (κ1) is 9.54. The molecule has 1 rings (SSSR count). The molecular weight excluding hydrogens is 150 g/mol. The normalized spacial score (nSPS) is 29.7. The maximum absolute atomic E-state index is 8.31. The van der Waals surface area contributed by atoms with Crippen LogP contribution in [0.2, 0.25) is 0 Å². The van der Waals surface area contributed by atoms with Crippen LogP contribution in [0.3, 0.4) is 0 Å². The van der Waals surface area contributed by atoms with Crippen LogP contribution in [0.4, 0.5) is 0 Å². The number of nitrogens with zero attached hydrogens (tertiary/aromatic N) is 1. The van der Waals surface area contributed by atoms with E-state index in [1.807, 2.05) is 0 Å². The fraction of sp³-hybridized carbons (Fsp3) is 0.900. The molecular formula is C10H17NO. The van der Waals surface area contributed by atoms with Gasteiger partial charge in [0.1, 0.15) is 0 Å². The highest BCUT2D eigenvalue weighted by atomic mass is 16.5. The van der Waals surface area contributed by atoms with Gasteiger partial charge in [-0.2, -0.15) is 5.26 Å². The van der Waals surface area contributed by atoms with E-state index in [1.165, 1.54) is 25.7 Å². The summed E-state index contributed by atoms with van der Waals surface area (Å²) in [7, 11) is 0. The van der Waals surface area contributed by atoms with Crippen molar-refractivity contribution in [3.8, 4) is 6.07 Å². The summed E-state index contributed by atoms with van der Waals surface area (Å²) in [5, 5.41) is 8.31. The molecule has 0 bridgehead atoms. The Balaban J connectivity index is 2.06. The first-order valence-corrected chi connectivity index (χ1v) is 4.81. The van der Waals surface area contributed by atoms with Crippen molar-refractivity contribution in [2.45, 2.75) is 45.1 Å². The molecule has 1 aliphatic carbocycles. The Morgan fingerprint density at radius 3 is 2.58 bits per heavy atom. The van der Waals surface area contributed by atoms with Crippen molar-refractivity contribution in [2.75, 3.05) is 6.61 Å². The molecule has 0 spiro atoms. The molecule has 0 aromatic heterocycles. The van der Waals surface area contributed by atoms with E-state index in [1.54, 1.807) is 0 Å². The minimum absolute atomic E-state index is 0.439.